The monoisotopic (exact) mass is 414 g/mol. The van der Waals surface area contributed by atoms with Gasteiger partial charge in [-0.15, -0.1) is 11.3 Å². The fraction of sp³-hybridized carbons (Fsp3) is 0.0833. The normalized spacial score (nSPS) is 11.3. The Morgan fingerprint density at radius 3 is 2.59 bits per heavy atom. The van der Waals surface area contributed by atoms with Crippen molar-refractivity contribution in [2.75, 3.05) is 0 Å². The fourth-order valence-corrected chi connectivity index (χ4v) is 5.65. The molecule has 0 saturated carbocycles. The second kappa shape index (κ2) is 7.50. The molecule has 3 aromatic carbocycles. The Labute approximate surface area is 176 Å². The van der Waals surface area contributed by atoms with Crippen LogP contribution in [0.4, 0.5) is 0 Å². The van der Waals surface area contributed by atoms with Gasteiger partial charge in [0, 0.05) is 16.2 Å². The van der Waals surface area contributed by atoms with E-state index in [1.54, 1.807) is 23.1 Å². The molecule has 0 unspecified atom stereocenters. The maximum absolute atomic E-state index is 12.9. The number of benzene rings is 3. The maximum Gasteiger partial charge on any atom is 0.260 e. The number of fused-ring (bicyclic) bond motifs is 2. The summed E-state index contributed by atoms with van der Waals surface area (Å²) in [5, 5.41) is 3.82. The van der Waals surface area contributed by atoms with Gasteiger partial charge in [-0.05, 0) is 28.8 Å². The van der Waals surface area contributed by atoms with E-state index in [0.717, 1.165) is 26.6 Å². The third-order valence-corrected chi connectivity index (χ3v) is 6.94. The summed E-state index contributed by atoms with van der Waals surface area (Å²) in [5.74, 6) is 0.756. The first-order valence-electron chi connectivity index (χ1n) is 9.39. The number of H-pyrrole nitrogens is 1. The first-order valence-corrected chi connectivity index (χ1v) is 11.2. The highest BCUT2D eigenvalue weighted by Crippen LogP contribution is 2.36. The molecule has 0 aliphatic rings. The van der Waals surface area contributed by atoms with Gasteiger partial charge in [-0.1, -0.05) is 84.6 Å². The number of thiophene rings is 1. The highest BCUT2D eigenvalue weighted by molar-refractivity contribution is 7.98. The number of rotatable bonds is 4. The molecule has 0 radical (unpaired) electrons. The summed E-state index contributed by atoms with van der Waals surface area (Å²) in [7, 11) is 0. The summed E-state index contributed by atoms with van der Waals surface area (Å²) in [6, 6.07) is 24.7. The lowest BCUT2D eigenvalue weighted by Gasteiger charge is -2.06. The molecule has 0 atom stereocenters. The zero-order valence-electron chi connectivity index (χ0n) is 15.8. The molecule has 5 heteroatoms. The van der Waals surface area contributed by atoms with E-state index in [-0.39, 0.29) is 5.56 Å². The summed E-state index contributed by atoms with van der Waals surface area (Å²) in [5.41, 5.74) is 3.21. The third kappa shape index (κ3) is 3.37. The van der Waals surface area contributed by atoms with Gasteiger partial charge in [-0.25, -0.2) is 4.98 Å². The molecule has 3 nitrogen and oxygen atoms in total. The summed E-state index contributed by atoms with van der Waals surface area (Å²) < 4.78 is 0. The fourth-order valence-electron chi connectivity index (χ4n) is 3.68. The standard InChI is InChI=1S/C24H18N2OS2/c1-15-20(17-9-3-2-4-10-17)21-22(27)25-24(26-23(21)29-15)28-14-18-12-7-11-16-8-5-6-13-19(16)18/h2-13H,14H2,1H3,(H,25,26,27). The van der Waals surface area contributed by atoms with Crippen LogP contribution in [0.2, 0.25) is 0 Å². The molecule has 0 aliphatic carbocycles. The van der Waals surface area contributed by atoms with Gasteiger partial charge in [-0.2, -0.15) is 0 Å². The molecular formula is C24H18N2OS2. The van der Waals surface area contributed by atoms with Gasteiger partial charge >= 0.3 is 0 Å². The molecule has 0 aliphatic heterocycles. The second-order valence-electron chi connectivity index (χ2n) is 6.88. The second-order valence-corrected chi connectivity index (χ2v) is 9.04. The Kier molecular flexibility index (Phi) is 4.70. The number of hydrogen-bond donors (Lipinski definition) is 1. The van der Waals surface area contributed by atoms with Crippen LogP contribution in [-0.2, 0) is 5.75 Å². The molecule has 0 bridgehead atoms. The van der Waals surface area contributed by atoms with Crippen LogP contribution in [0.15, 0.2) is 82.7 Å². The van der Waals surface area contributed by atoms with Crippen molar-refractivity contribution >= 4 is 44.1 Å². The minimum absolute atomic E-state index is 0.0707. The van der Waals surface area contributed by atoms with Gasteiger partial charge in [0.1, 0.15) is 4.83 Å². The maximum atomic E-state index is 12.9. The van der Waals surface area contributed by atoms with Crippen molar-refractivity contribution in [3.63, 3.8) is 0 Å². The molecule has 0 amide bonds. The molecule has 5 rings (SSSR count). The van der Waals surface area contributed by atoms with Gasteiger partial charge in [0.05, 0.1) is 5.39 Å². The minimum Gasteiger partial charge on any atom is -0.301 e. The third-order valence-electron chi connectivity index (χ3n) is 5.02. The Bertz CT molecular complexity index is 1380. The van der Waals surface area contributed by atoms with Gasteiger partial charge in [0.25, 0.3) is 5.56 Å². The molecule has 0 fully saturated rings. The number of aromatic amines is 1. The van der Waals surface area contributed by atoms with E-state index in [0.29, 0.717) is 10.5 Å². The van der Waals surface area contributed by atoms with Gasteiger partial charge < -0.3 is 4.98 Å². The quantitative estimate of drug-likeness (QED) is 0.273. The molecule has 1 N–H and O–H groups in total. The highest BCUT2D eigenvalue weighted by Gasteiger charge is 2.16. The summed E-state index contributed by atoms with van der Waals surface area (Å²) in [6.07, 6.45) is 0. The van der Waals surface area contributed by atoms with Crippen LogP contribution < -0.4 is 5.56 Å². The zero-order valence-corrected chi connectivity index (χ0v) is 17.4. The van der Waals surface area contributed by atoms with Crippen LogP contribution in [0.1, 0.15) is 10.4 Å². The van der Waals surface area contributed by atoms with Crippen molar-refractivity contribution in [3.8, 4) is 11.1 Å². The van der Waals surface area contributed by atoms with Crippen molar-refractivity contribution in [1.82, 2.24) is 9.97 Å². The van der Waals surface area contributed by atoms with Gasteiger partial charge in [0.2, 0.25) is 0 Å². The first kappa shape index (κ1) is 18.2. The first-order chi connectivity index (χ1) is 14.2. The Morgan fingerprint density at radius 1 is 0.966 bits per heavy atom. The minimum atomic E-state index is -0.0707. The van der Waals surface area contributed by atoms with Crippen molar-refractivity contribution in [2.24, 2.45) is 0 Å². The smallest absolute Gasteiger partial charge is 0.260 e. The van der Waals surface area contributed by atoms with E-state index in [2.05, 4.69) is 54.4 Å². The van der Waals surface area contributed by atoms with E-state index in [9.17, 15) is 4.79 Å². The Morgan fingerprint density at radius 2 is 1.72 bits per heavy atom. The van der Waals surface area contributed by atoms with E-state index < -0.39 is 0 Å². The van der Waals surface area contributed by atoms with Crippen LogP contribution in [0.25, 0.3) is 32.1 Å². The largest absolute Gasteiger partial charge is 0.301 e. The van der Waals surface area contributed by atoms with Crippen molar-refractivity contribution in [2.45, 2.75) is 17.8 Å². The average Bonchev–Trinajstić information content (AvgIpc) is 3.09. The SMILES string of the molecule is Cc1sc2nc(SCc3cccc4ccccc34)[nH]c(=O)c2c1-c1ccccc1. The lowest BCUT2D eigenvalue weighted by molar-refractivity contribution is 0.980. The summed E-state index contributed by atoms with van der Waals surface area (Å²) in [6.45, 7) is 2.05. The van der Waals surface area contributed by atoms with Crippen LogP contribution in [0.3, 0.4) is 0 Å². The number of hydrogen-bond acceptors (Lipinski definition) is 4. The molecule has 2 aromatic heterocycles. The predicted octanol–water partition coefficient (Wildman–Crippen LogP) is 6.41. The van der Waals surface area contributed by atoms with Crippen molar-refractivity contribution in [3.05, 3.63) is 93.6 Å². The molecule has 0 saturated heterocycles. The number of nitrogens with zero attached hydrogens (tertiary/aromatic N) is 1. The van der Waals surface area contributed by atoms with E-state index in [1.807, 2.05) is 30.3 Å². The van der Waals surface area contributed by atoms with Gasteiger partial charge in [-0.3, -0.25) is 4.79 Å². The Balaban J connectivity index is 1.52. The lowest BCUT2D eigenvalue weighted by Crippen LogP contribution is -2.08. The van der Waals surface area contributed by atoms with Crippen LogP contribution in [0, 0.1) is 6.92 Å². The zero-order chi connectivity index (χ0) is 19.8. The average molecular weight is 415 g/mol. The molecule has 2 heterocycles. The molecule has 142 valence electrons. The molecule has 29 heavy (non-hydrogen) atoms. The van der Waals surface area contributed by atoms with Crippen molar-refractivity contribution in [1.29, 1.82) is 0 Å². The van der Waals surface area contributed by atoms with Crippen molar-refractivity contribution < 1.29 is 0 Å². The highest BCUT2D eigenvalue weighted by atomic mass is 32.2. The van der Waals surface area contributed by atoms with Crippen LogP contribution >= 0.6 is 23.1 Å². The number of thioether (sulfide) groups is 1. The predicted molar refractivity (Wildman–Crippen MR) is 124 cm³/mol. The Hall–Kier alpha value is -2.89. The summed E-state index contributed by atoms with van der Waals surface area (Å²) >= 11 is 3.15. The molecule has 5 aromatic rings. The van der Waals surface area contributed by atoms with Crippen LogP contribution in [-0.4, -0.2) is 9.97 Å². The van der Waals surface area contributed by atoms with E-state index in [4.69, 9.17) is 4.98 Å². The number of aryl methyl sites for hydroxylation is 1. The topological polar surface area (TPSA) is 45.8 Å². The summed E-state index contributed by atoms with van der Waals surface area (Å²) in [4.78, 5) is 22.6. The number of aromatic nitrogens is 2. The van der Waals surface area contributed by atoms with E-state index in [1.165, 1.54) is 16.3 Å². The van der Waals surface area contributed by atoms with E-state index >= 15 is 0 Å². The molecule has 0 spiro atoms. The molecular weight excluding hydrogens is 396 g/mol. The lowest BCUT2D eigenvalue weighted by atomic mass is 10.0. The van der Waals surface area contributed by atoms with Crippen LogP contribution in [0.5, 0.6) is 0 Å². The van der Waals surface area contributed by atoms with Gasteiger partial charge in [0.15, 0.2) is 5.16 Å². The number of nitrogens with one attached hydrogen (secondary N) is 1.